The highest BCUT2D eigenvalue weighted by Gasteiger charge is 2.45. The van der Waals surface area contributed by atoms with Gasteiger partial charge in [-0.25, -0.2) is 0 Å². The van der Waals surface area contributed by atoms with Gasteiger partial charge >= 0.3 is 0 Å². The number of nitrogens with zero attached hydrogens (tertiary/aromatic N) is 1. The Morgan fingerprint density at radius 3 is 2.45 bits per heavy atom. The zero-order valence-electron chi connectivity index (χ0n) is 19.2. The number of aliphatic hydroxyl groups is 1. The normalized spacial score (nSPS) is 19.8. The molecule has 1 heterocycles. The predicted molar refractivity (Wildman–Crippen MR) is 126 cm³/mol. The third-order valence-electron chi connectivity index (χ3n) is 6.37. The highest BCUT2D eigenvalue weighted by molar-refractivity contribution is 6.46. The van der Waals surface area contributed by atoms with E-state index in [1.807, 2.05) is 32.0 Å². The Morgan fingerprint density at radius 1 is 1.06 bits per heavy atom. The summed E-state index contributed by atoms with van der Waals surface area (Å²) in [5.74, 6) is -1.37. The van der Waals surface area contributed by atoms with E-state index in [2.05, 4.69) is 0 Å². The molecule has 6 heteroatoms. The zero-order chi connectivity index (χ0) is 23.5. The topological polar surface area (TPSA) is 87.1 Å². The number of ketones is 1. The van der Waals surface area contributed by atoms with Crippen LogP contribution in [0, 0.1) is 0 Å². The Hall–Kier alpha value is -3.12. The number of Topliss-reactive ketones (excluding diaryl/α,β-unsaturated/α-hetero) is 1. The first-order valence-electron chi connectivity index (χ1n) is 11.7. The summed E-state index contributed by atoms with van der Waals surface area (Å²) in [5.41, 5.74) is 3.77. The van der Waals surface area contributed by atoms with Gasteiger partial charge in [0, 0.05) is 18.7 Å². The highest BCUT2D eigenvalue weighted by Crippen LogP contribution is 2.40. The molecule has 0 spiro atoms. The number of rotatable bonds is 7. The number of phenolic OH excluding ortho intramolecular Hbond substituents is 1. The smallest absolute Gasteiger partial charge is 0.295 e. The number of amides is 1. The van der Waals surface area contributed by atoms with Gasteiger partial charge in [0.25, 0.3) is 11.7 Å². The van der Waals surface area contributed by atoms with E-state index < -0.39 is 17.7 Å². The minimum atomic E-state index is -0.722. The third kappa shape index (κ3) is 4.81. The van der Waals surface area contributed by atoms with Gasteiger partial charge in [-0.15, -0.1) is 0 Å². The van der Waals surface area contributed by atoms with Crippen molar-refractivity contribution >= 4 is 17.4 Å². The van der Waals surface area contributed by atoms with Gasteiger partial charge in [0.05, 0.1) is 17.7 Å². The van der Waals surface area contributed by atoms with Gasteiger partial charge in [-0.05, 0) is 80.8 Å². The molecule has 0 radical (unpaired) electrons. The van der Waals surface area contributed by atoms with E-state index in [-0.39, 0.29) is 23.2 Å². The number of likely N-dealkylation sites (tertiary alicyclic amines) is 1. The number of aliphatic hydroxyl groups excluding tert-OH is 1. The van der Waals surface area contributed by atoms with Crippen LogP contribution >= 0.6 is 0 Å². The van der Waals surface area contributed by atoms with Gasteiger partial charge in [-0.2, -0.15) is 0 Å². The fourth-order valence-corrected chi connectivity index (χ4v) is 4.70. The second kappa shape index (κ2) is 9.79. The molecule has 0 saturated carbocycles. The molecule has 174 valence electrons. The molecule has 0 aromatic heterocycles. The van der Waals surface area contributed by atoms with Crippen LogP contribution in [0.1, 0.15) is 61.4 Å². The van der Waals surface area contributed by atoms with Gasteiger partial charge in [0.15, 0.2) is 0 Å². The number of ether oxygens (including phenoxy) is 1. The summed E-state index contributed by atoms with van der Waals surface area (Å²) in [6.45, 7) is 4.68. The third-order valence-corrected chi connectivity index (χ3v) is 6.37. The van der Waals surface area contributed by atoms with Crippen LogP contribution < -0.4 is 0 Å². The fraction of sp³-hybridized carbons (Fsp3) is 0.407. The Kier molecular flexibility index (Phi) is 6.84. The van der Waals surface area contributed by atoms with Crippen molar-refractivity contribution in [3.05, 3.63) is 70.3 Å². The lowest BCUT2D eigenvalue weighted by atomic mass is 9.88. The lowest BCUT2D eigenvalue weighted by Crippen LogP contribution is -2.31. The van der Waals surface area contributed by atoms with Crippen LogP contribution in [0.25, 0.3) is 5.76 Å². The number of phenols is 1. The molecule has 1 atom stereocenters. The summed E-state index contributed by atoms with van der Waals surface area (Å²) in [5, 5.41) is 21.0. The first kappa shape index (κ1) is 23.1. The SMILES string of the molecule is CC(C)OCCCN1C(=O)C(=O)/C(=C(\O)c2ccc3c(c2)CCCC3)C1c1ccc(O)cc1. The van der Waals surface area contributed by atoms with Crippen molar-refractivity contribution in [2.75, 3.05) is 13.2 Å². The van der Waals surface area contributed by atoms with E-state index in [9.17, 15) is 19.8 Å². The number of aryl methyl sites for hydroxylation is 2. The van der Waals surface area contributed by atoms with Crippen LogP contribution in [0.2, 0.25) is 0 Å². The van der Waals surface area contributed by atoms with Crippen LogP contribution in [0.3, 0.4) is 0 Å². The van der Waals surface area contributed by atoms with E-state index in [1.165, 1.54) is 28.2 Å². The number of benzene rings is 2. The second-order valence-corrected chi connectivity index (χ2v) is 9.05. The van der Waals surface area contributed by atoms with E-state index in [4.69, 9.17) is 4.74 Å². The van der Waals surface area contributed by atoms with E-state index in [1.54, 1.807) is 12.1 Å². The van der Waals surface area contributed by atoms with Crippen LogP contribution in [-0.2, 0) is 27.2 Å². The predicted octanol–water partition coefficient (Wildman–Crippen LogP) is 4.51. The van der Waals surface area contributed by atoms with Gasteiger partial charge < -0.3 is 19.8 Å². The summed E-state index contributed by atoms with van der Waals surface area (Å²) in [6.07, 6.45) is 4.88. The number of carbonyl (C=O) groups excluding carboxylic acids is 2. The number of aromatic hydroxyl groups is 1. The number of hydrogen-bond acceptors (Lipinski definition) is 5. The molecule has 2 aliphatic rings. The van der Waals surface area contributed by atoms with Crippen molar-refractivity contribution in [1.82, 2.24) is 4.90 Å². The first-order chi connectivity index (χ1) is 15.9. The summed E-state index contributed by atoms with van der Waals surface area (Å²) in [6, 6.07) is 11.5. The Bertz CT molecular complexity index is 1070. The molecule has 1 amide bonds. The second-order valence-electron chi connectivity index (χ2n) is 9.05. The van der Waals surface area contributed by atoms with Crippen molar-refractivity contribution in [2.45, 2.75) is 58.1 Å². The van der Waals surface area contributed by atoms with Gasteiger partial charge in [0.1, 0.15) is 11.5 Å². The molecule has 1 aliphatic heterocycles. The molecule has 1 unspecified atom stereocenters. The monoisotopic (exact) mass is 449 g/mol. The van der Waals surface area contributed by atoms with E-state index in [0.29, 0.717) is 30.7 Å². The average molecular weight is 450 g/mol. The van der Waals surface area contributed by atoms with E-state index in [0.717, 1.165) is 25.7 Å². The molecule has 1 saturated heterocycles. The fourth-order valence-electron chi connectivity index (χ4n) is 4.70. The van der Waals surface area contributed by atoms with Crippen molar-refractivity contribution < 1.29 is 24.5 Å². The Morgan fingerprint density at radius 2 is 1.76 bits per heavy atom. The van der Waals surface area contributed by atoms with Crippen LogP contribution in [0.4, 0.5) is 0 Å². The minimum Gasteiger partial charge on any atom is -0.508 e. The molecule has 4 rings (SSSR count). The maximum absolute atomic E-state index is 13.1. The molecule has 1 aliphatic carbocycles. The van der Waals surface area contributed by atoms with Crippen LogP contribution in [0.5, 0.6) is 5.75 Å². The van der Waals surface area contributed by atoms with Gasteiger partial charge in [-0.3, -0.25) is 9.59 Å². The Balaban J connectivity index is 1.73. The van der Waals surface area contributed by atoms with Crippen molar-refractivity contribution in [3.8, 4) is 5.75 Å². The van der Waals surface area contributed by atoms with Gasteiger partial charge in [-0.1, -0.05) is 24.3 Å². The molecular weight excluding hydrogens is 418 g/mol. The number of carbonyl (C=O) groups is 2. The van der Waals surface area contributed by atoms with E-state index >= 15 is 0 Å². The maximum Gasteiger partial charge on any atom is 0.295 e. The van der Waals surface area contributed by atoms with Crippen molar-refractivity contribution in [3.63, 3.8) is 0 Å². The highest BCUT2D eigenvalue weighted by atomic mass is 16.5. The molecular formula is C27H31NO5. The largest absolute Gasteiger partial charge is 0.508 e. The first-order valence-corrected chi connectivity index (χ1v) is 11.7. The van der Waals surface area contributed by atoms with Crippen LogP contribution in [-0.4, -0.2) is 46.1 Å². The summed E-state index contributed by atoms with van der Waals surface area (Å²) in [7, 11) is 0. The number of fused-ring (bicyclic) bond motifs is 1. The summed E-state index contributed by atoms with van der Waals surface area (Å²) >= 11 is 0. The molecule has 1 fully saturated rings. The minimum absolute atomic E-state index is 0.0808. The Labute approximate surface area is 194 Å². The molecule has 0 bridgehead atoms. The molecule has 2 N–H and O–H groups in total. The molecule has 2 aromatic rings. The lowest BCUT2D eigenvalue weighted by Gasteiger charge is -2.25. The zero-order valence-corrected chi connectivity index (χ0v) is 19.2. The standard InChI is InChI=1S/C27H31NO5/c1-17(2)33-15-5-14-28-24(19-10-12-22(29)13-11-19)23(26(31)27(28)32)25(30)21-9-8-18-6-3-4-7-20(18)16-21/h8-13,16-17,24,29-30H,3-7,14-15H2,1-2H3/b25-23-. The summed E-state index contributed by atoms with van der Waals surface area (Å²) < 4.78 is 5.60. The number of hydrogen-bond donors (Lipinski definition) is 2. The molecule has 2 aromatic carbocycles. The van der Waals surface area contributed by atoms with Crippen molar-refractivity contribution in [2.24, 2.45) is 0 Å². The lowest BCUT2D eigenvalue weighted by molar-refractivity contribution is -0.140. The van der Waals surface area contributed by atoms with Gasteiger partial charge in [0.2, 0.25) is 0 Å². The maximum atomic E-state index is 13.1. The quantitative estimate of drug-likeness (QED) is 0.281. The molecule has 33 heavy (non-hydrogen) atoms. The summed E-state index contributed by atoms with van der Waals surface area (Å²) in [4.78, 5) is 27.6. The van der Waals surface area contributed by atoms with Crippen molar-refractivity contribution in [1.29, 1.82) is 0 Å². The molecule has 6 nitrogen and oxygen atoms in total. The average Bonchev–Trinajstić information content (AvgIpc) is 3.06. The van der Waals surface area contributed by atoms with Crippen LogP contribution in [0.15, 0.2) is 48.0 Å².